The predicted molar refractivity (Wildman–Crippen MR) is 98.3 cm³/mol. The van der Waals surface area contributed by atoms with E-state index in [4.69, 9.17) is 0 Å². The first-order valence-corrected chi connectivity index (χ1v) is 9.29. The Morgan fingerprint density at radius 3 is 2.71 bits per heavy atom. The van der Waals surface area contributed by atoms with Gasteiger partial charge in [-0.15, -0.1) is 0 Å². The maximum atomic E-state index is 12.9. The Labute approximate surface area is 144 Å². The molecule has 1 amide bonds. The van der Waals surface area contributed by atoms with Gasteiger partial charge in [0.1, 0.15) is 0 Å². The van der Waals surface area contributed by atoms with E-state index >= 15 is 0 Å². The Kier molecular flexibility index (Phi) is 3.75. The molecule has 2 aliphatic heterocycles. The number of para-hydroxylation sites is 1. The third-order valence-corrected chi connectivity index (χ3v) is 6.12. The SMILES string of the molecule is CCN1C(=O)CC[C@@]2(CC)CCCn3ccc(c32)-c2ccccc21. The molecule has 0 saturated carbocycles. The van der Waals surface area contributed by atoms with Crippen LogP contribution in [0.25, 0.3) is 11.1 Å². The molecule has 24 heavy (non-hydrogen) atoms. The van der Waals surface area contributed by atoms with Crippen LogP contribution in [-0.4, -0.2) is 17.0 Å². The number of fused-ring (bicyclic) bond motifs is 2. The lowest BCUT2D eigenvalue weighted by molar-refractivity contribution is -0.119. The molecule has 1 aromatic heterocycles. The van der Waals surface area contributed by atoms with E-state index in [1.165, 1.54) is 29.7 Å². The van der Waals surface area contributed by atoms with E-state index in [1.54, 1.807) is 0 Å². The monoisotopic (exact) mass is 322 g/mol. The summed E-state index contributed by atoms with van der Waals surface area (Å²) in [5.41, 5.74) is 5.22. The topological polar surface area (TPSA) is 25.2 Å². The van der Waals surface area contributed by atoms with Crippen LogP contribution in [0.5, 0.6) is 0 Å². The number of aryl methyl sites for hydroxylation is 1. The van der Waals surface area contributed by atoms with E-state index in [0.717, 1.165) is 31.6 Å². The average Bonchev–Trinajstić information content (AvgIpc) is 3.06. The minimum atomic E-state index is 0.142. The third kappa shape index (κ3) is 2.14. The first kappa shape index (κ1) is 15.5. The molecular weight excluding hydrogens is 296 g/mol. The minimum Gasteiger partial charge on any atom is -0.350 e. The second-order valence-electron chi connectivity index (χ2n) is 7.16. The fourth-order valence-electron chi connectivity index (χ4n) is 4.84. The molecule has 0 unspecified atom stereocenters. The van der Waals surface area contributed by atoms with Gasteiger partial charge in [0.05, 0.1) is 5.69 Å². The summed E-state index contributed by atoms with van der Waals surface area (Å²) in [6.45, 7) is 6.19. The van der Waals surface area contributed by atoms with Gasteiger partial charge < -0.3 is 9.47 Å². The third-order valence-electron chi connectivity index (χ3n) is 6.12. The molecule has 0 fully saturated rings. The van der Waals surface area contributed by atoms with Crippen LogP contribution < -0.4 is 4.90 Å². The molecule has 4 rings (SSSR count). The van der Waals surface area contributed by atoms with Crippen molar-refractivity contribution in [1.82, 2.24) is 4.57 Å². The molecule has 0 radical (unpaired) electrons. The Morgan fingerprint density at radius 1 is 1.08 bits per heavy atom. The maximum absolute atomic E-state index is 12.9. The van der Waals surface area contributed by atoms with Crippen molar-refractivity contribution in [3.8, 4) is 11.1 Å². The number of hydrogen-bond donors (Lipinski definition) is 0. The number of hydrogen-bond acceptors (Lipinski definition) is 1. The van der Waals surface area contributed by atoms with Crippen molar-refractivity contribution < 1.29 is 4.79 Å². The molecule has 1 atom stereocenters. The highest BCUT2D eigenvalue weighted by Crippen LogP contribution is 2.48. The summed E-state index contributed by atoms with van der Waals surface area (Å²) in [6.07, 6.45) is 7.37. The number of aromatic nitrogens is 1. The summed E-state index contributed by atoms with van der Waals surface area (Å²) < 4.78 is 2.45. The highest BCUT2D eigenvalue weighted by molar-refractivity contribution is 5.98. The van der Waals surface area contributed by atoms with Crippen LogP contribution in [0.4, 0.5) is 5.69 Å². The van der Waals surface area contributed by atoms with Gasteiger partial charge in [0, 0.05) is 47.9 Å². The van der Waals surface area contributed by atoms with Gasteiger partial charge in [-0.2, -0.15) is 0 Å². The molecule has 3 heteroatoms. The van der Waals surface area contributed by atoms with Crippen molar-refractivity contribution in [2.24, 2.45) is 0 Å². The largest absolute Gasteiger partial charge is 0.350 e. The number of carbonyl (C=O) groups excluding carboxylic acids is 1. The maximum Gasteiger partial charge on any atom is 0.227 e. The predicted octanol–water partition coefficient (Wildman–Crippen LogP) is 4.74. The molecule has 0 N–H and O–H groups in total. The molecule has 0 saturated heterocycles. The highest BCUT2D eigenvalue weighted by atomic mass is 16.2. The summed E-state index contributed by atoms with van der Waals surface area (Å²) in [5, 5.41) is 0. The Hall–Kier alpha value is -2.03. The summed E-state index contributed by atoms with van der Waals surface area (Å²) >= 11 is 0. The number of benzene rings is 1. The van der Waals surface area contributed by atoms with E-state index in [1.807, 2.05) is 11.0 Å². The fourth-order valence-corrected chi connectivity index (χ4v) is 4.84. The van der Waals surface area contributed by atoms with Crippen LogP contribution in [0.2, 0.25) is 0 Å². The minimum absolute atomic E-state index is 0.142. The van der Waals surface area contributed by atoms with E-state index in [0.29, 0.717) is 6.42 Å². The number of amides is 1. The fraction of sp³-hybridized carbons (Fsp3) is 0.476. The lowest BCUT2D eigenvalue weighted by Crippen LogP contribution is -2.35. The van der Waals surface area contributed by atoms with Crippen LogP contribution >= 0.6 is 0 Å². The van der Waals surface area contributed by atoms with E-state index in [2.05, 4.69) is 48.9 Å². The summed E-state index contributed by atoms with van der Waals surface area (Å²) in [5.74, 6) is 0.264. The van der Waals surface area contributed by atoms with Crippen molar-refractivity contribution in [3.63, 3.8) is 0 Å². The van der Waals surface area contributed by atoms with Crippen molar-refractivity contribution in [2.75, 3.05) is 11.4 Å². The van der Waals surface area contributed by atoms with Crippen molar-refractivity contribution in [1.29, 1.82) is 0 Å². The second kappa shape index (κ2) is 5.80. The molecule has 2 aromatic rings. The smallest absolute Gasteiger partial charge is 0.227 e. The highest BCUT2D eigenvalue weighted by Gasteiger charge is 2.40. The van der Waals surface area contributed by atoms with Crippen LogP contribution in [-0.2, 0) is 16.8 Å². The molecule has 2 aliphatic rings. The summed E-state index contributed by atoms with van der Waals surface area (Å²) in [6, 6.07) is 10.7. The van der Waals surface area contributed by atoms with Gasteiger partial charge in [0.2, 0.25) is 5.91 Å². The van der Waals surface area contributed by atoms with Crippen LogP contribution in [0.15, 0.2) is 36.5 Å². The molecule has 0 bridgehead atoms. The van der Waals surface area contributed by atoms with Gasteiger partial charge >= 0.3 is 0 Å². The van der Waals surface area contributed by atoms with Crippen LogP contribution in [0, 0.1) is 0 Å². The number of anilines is 1. The van der Waals surface area contributed by atoms with E-state index < -0.39 is 0 Å². The molecule has 0 aliphatic carbocycles. The quantitative estimate of drug-likeness (QED) is 0.783. The van der Waals surface area contributed by atoms with Gasteiger partial charge in [-0.3, -0.25) is 4.79 Å². The van der Waals surface area contributed by atoms with Gasteiger partial charge in [0.15, 0.2) is 0 Å². The van der Waals surface area contributed by atoms with Gasteiger partial charge in [0.25, 0.3) is 0 Å². The lowest BCUT2D eigenvalue weighted by atomic mass is 9.70. The van der Waals surface area contributed by atoms with Gasteiger partial charge in [-0.25, -0.2) is 0 Å². The van der Waals surface area contributed by atoms with E-state index in [-0.39, 0.29) is 11.3 Å². The number of rotatable bonds is 2. The first-order chi connectivity index (χ1) is 11.7. The molecule has 1 aromatic carbocycles. The van der Waals surface area contributed by atoms with E-state index in [9.17, 15) is 4.79 Å². The number of carbonyl (C=O) groups is 1. The van der Waals surface area contributed by atoms with Crippen molar-refractivity contribution in [2.45, 2.75) is 57.9 Å². The average molecular weight is 322 g/mol. The zero-order chi connectivity index (χ0) is 16.7. The zero-order valence-corrected chi connectivity index (χ0v) is 14.7. The molecule has 3 nitrogen and oxygen atoms in total. The summed E-state index contributed by atoms with van der Waals surface area (Å²) in [4.78, 5) is 14.9. The molecule has 3 heterocycles. The molecule has 126 valence electrons. The van der Waals surface area contributed by atoms with Crippen LogP contribution in [0.1, 0.15) is 51.6 Å². The normalized spacial score (nSPS) is 23.1. The lowest BCUT2D eigenvalue weighted by Gasteiger charge is -2.39. The number of nitrogens with zero attached hydrogens (tertiary/aromatic N) is 2. The second-order valence-corrected chi connectivity index (χ2v) is 7.16. The zero-order valence-electron chi connectivity index (χ0n) is 14.7. The Balaban J connectivity index is 2.01. The van der Waals surface area contributed by atoms with Gasteiger partial charge in [-0.1, -0.05) is 25.1 Å². The molecular formula is C21H26N2O. The van der Waals surface area contributed by atoms with Crippen molar-refractivity contribution in [3.05, 3.63) is 42.2 Å². The van der Waals surface area contributed by atoms with Crippen molar-refractivity contribution >= 4 is 11.6 Å². The Bertz CT molecular complexity index is 776. The van der Waals surface area contributed by atoms with Gasteiger partial charge in [-0.05, 0) is 44.7 Å². The first-order valence-electron chi connectivity index (χ1n) is 9.29. The molecule has 0 spiro atoms. The standard InChI is InChI=1S/C21H26N2O/c1-3-21-12-7-14-22-15-11-17(20(21)22)16-8-5-6-9-18(16)23(4-2)19(24)10-13-21/h5-6,8-9,11,15H,3-4,7,10,12-14H2,1-2H3/t21-/m1/s1. The van der Waals surface area contributed by atoms with Crippen LogP contribution in [0.3, 0.4) is 0 Å². The summed E-state index contributed by atoms with van der Waals surface area (Å²) in [7, 11) is 0. The Morgan fingerprint density at radius 2 is 1.92 bits per heavy atom.